The van der Waals surface area contributed by atoms with Gasteiger partial charge in [0.2, 0.25) is 11.8 Å². The Bertz CT molecular complexity index is 1160. The molecule has 1 saturated heterocycles. The van der Waals surface area contributed by atoms with E-state index < -0.39 is 11.1 Å². The number of hydrogen-bond donors (Lipinski definition) is 1. The lowest BCUT2D eigenvalue weighted by molar-refractivity contribution is -0.134. The number of aromatic nitrogens is 3. The summed E-state index contributed by atoms with van der Waals surface area (Å²) in [5.74, 6) is -0.534. The molecule has 0 aliphatic carbocycles. The van der Waals surface area contributed by atoms with Crippen LogP contribution < -0.4 is 5.73 Å². The van der Waals surface area contributed by atoms with Gasteiger partial charge in [-0.1, -0.05) is 41.6 Å². The van der Waals surface area contributed by atoms with Crippen molar-refractivity contribution in [1.29, 1.82) is 0 Å². The van der Waals surface area contributed by atoms with E-state index in [2.05, 4.69) is 10.2 Å². The summed E-state index contributed by atoms with van der Waals surface area (Å²) < 4.78 is 16.4. The van der Waals surface area contributed by atoms with E-state index in [0.29, 0.717) is 42.5 Å². The second-order valence-electron chi connectivity index (χ2n) is 8.22. The van der Waals surface area contributed by atoms with Gasteiger partial charge in [0.15, 0.2) is 11.0 Å². The zero-order chi connectivity index (χ0) is 23.5. The minimum atomic E-state index is -0.433. The molecule has 1 aliphatic heterocycles. The summed E-state index contributed by atoms with van der Waals surface area (Å²) in [5.41, 5.74) is 7.62. The molecular formula is C24H26FN5O2S. The van der Waals surface area contributed by atoms with Crippen molar-refractivity contribution in [2.75, 3.05) is 13.1 Å². The number of carbonyl (C=O) groups excluding carboxylic acids is 2. The van der Waals surface area contributed by atoms with E-state index in [1.807, 2.05) is 38.1 Å². The molecule has 4 rings (SSSR count). The summed E-state index contributed by atoms with van der Waals surface area (Å²) in [6.07, 6.45) is 1.16. The Labute approximate surface area is 196 Å². The molecule has 1 aromatic heterocycles. The molecule has 172 valence electrons. The lowest BCUT2D eigenvalue weighted by Gasteiger charge is -2.32. The van der Waals surface area contributed by atoms with Crippen LogP contribution in [0.4, 0.5) is 4.39 Å². The molecule has 1 fully saturated rings. The standard InChI is InChI=1S/C24H26FN5O2S/c1-15-7-9-18(10-8-15)30-22(19-5-3-4-6-20(19)25)27-28-24(30)33-16(2)23(32)29-13-11-17(12-14-29)21(26)31/h3-10,16-17H,11-14H2,1-2H3,(H2,26,31). The summed E-state index contributed by atoms with van der Waals surface area (Å²) in [5, 5.41) is 8.66. The number of benzene rings is 2. The highest BCUT2D eigenvalue weighted by Gasteiger charge is 2.30. The number of rotatable bonds is 6. The molecule has 2 heterocycles. The summed E-state index contributed by atoms with van der Waals surface area (Å²) in [4.78, 5) is 26.3. The van der Waals surface area contributed by atoms with Gasteiger partial charge < -0.3 is 10.6 Å². The Morgan fingerprint density at radius 2 is 1.76 bits per heavy atom. The highest BCUT2D eigenvalue weighted by atomic mass is 32.2. The van der Waals surface area contributed by atoms with Gasteiger partial charge in [-0.25, -0.2) is 4.39 Å². The van der Waals surface area contributed by atoms with Crippen molar-refractivity contribution < 1.29 is 14.0 Å². The second kappa shape index (κ2) is 9.74. The predicted octanol–water partition coefficient (Wildman–Crippen LogP) is 3.59. The molecule has 9 heteroatoms. The molecule has 2 N–H and O–H groups in total. The van der Waals surface area contributed by atoms with Gasteiger partial charge in [-0.05, 0) is 51.0 Å². The fourth-order valence-electron chi connectivity index (χ4n) is 3.94. The van der Waals surface area contributed by atoms with E-state index >= 15 is 0 Å². The number of thioether (sulfide) groups is 1. The number of aryl methyl sites for hydroxylation is 1. The van der Waals surface area contributed by atoms with Gasteiger partial charge >= 0.3 is 0 Å². The van der Waals surface area contributed by atoms with Gasteiger partial charge in [0, 0.05) is 24.7 Å². The maximum atomic E-state index is 14.6. The molecular weight excluding hydrogens is 441 g/mol. The number of hydrogen-bond acceptors (Lipinski definition) is 5. The third-order valence-electron chi connectivity index (χ3n) is 5.88. The van der Waals surface area contributed by atoms with Crippen LogP contribution in [0.2, 0.25) is 0 Å². The molecule has 33 heavy (non-hydrogen) atoms. The number of nitrogens with two attached hydrogens (primary N) is 1. The van der Waals surface area contributed by atoms with Crippen LogP contribution in [-0.2, 0) is 9.59 Å². The highest BCUT2D eigenvalue weighted by molar-refractivity contribution is 8.00. The molecule has 3 aromatic rings. The van der Waals surface area contributed by atoms with Gasteiger partial charge in [-0.15, -0.1) is 10.2 Å². The molecule has 1 aliphatic rings. The molecule has 7 nitrogen and oxygen atoms in total. The van der Waals surface area contributed by atoms with E-state index in [1.165, 1.54) is 17.8 Å². The topological polar surface area (TPSA) is 94.1 Å². The van der Waals surface area contributed by atoms with Crippen LogP contribution in [0.1, 0.15) is 25.3 Å². The predicted molar refractivity (Wildman–Crippen MR) is 125 cm³/mol. The van der Waals surface area contributed by atoms with Gasteiger partial charge in [0.25, 0.3) is 0 Å². The van der Waals surface area contributed by atoms with Gasteiger partial charge in [0.05, 0.1) is 10.8 Å². The van der Waals surface area contributed by atoms with Crippen LogP contribution in [-0.4, -0.2) is 49.8 Å². The average Bonchev–Trinajstić information content (AvgIpc) is 3.22. The van der Waals surface area contributed by atoms with Crippen molar-refractivity contribution in [3.63, 3.8) is 0 Å². The first-order valence-corrected chi connectivity index (χ1v) is 11.7. The molecule has 0 saturated carbocycles. The van der Waals surface area contributed by atoms with E-state index in [-0.39, 0.29) is 17.7 Å². The monoisotopic (exact) mass is 467 g/mol. The van der Waals surface area contributed by atoms with E-state index in [4.69, 9.17) is 5.73 Å². The third-order valence-corrected chi connectivity index (χ3v) is 6.91. The SMILES string of the molecule is Cc1ccc(-n2c(SC(C)C(=O)N3CCC(C(N)=O)CC3)nnc2-c2ccccc2F)cc1. The van der Waals surface area contributed by atoms with Crippen LogP contribution in [0.25, 0.3) is 17.1 Å². The van der Waals surface area contributed by atoms with Crippen LogP contribution in [0.15, 0.2) is 53.7 Å². The number of carbonyl (C=O) groups is 2. The molecule has 0 spiro atoms. The van der Waals surface area contributed by atoms with Crippen molar-refractivity contribution >= 4 is 23.6 Å². The summed E-state index contributed by atoms with van der Waals surface area (Å²) in [6.45, 7) is 4.82. The highest BCUT2D eigenvalue weighted by Crippen LogP contribution is 2.32. The first-order chi connectivity index (χ1) is 15.8. The Hall–Kier alpha value is -3.20. The third kappa shape index (κ3) is 4.93. The van der Waals surface area contributed by atoms with Crippen molar-refractivity contribution in [1.82, 2.24) is 19.7 Å². The van der Waals surface area contributed by atoms with Crippen molar-refractivity contribution in [3.05, 3.63) is 59.9 Å². The lowest BCUT2D eigenvalue weighted by atomic mass is 9.96. The smallest absolute Gasteiger partial charge is 0.235 e. The van der Waals surface area contributed by atoms with Gasteiger partial charge in [0.1, 0.15) is 5.82 Å². The first kappa shape index (κ1) is 23.0. The number of primary amides is 1. The number of halogens is 1. The molecule has 1 atom stereocenters. The van der Waals surface area contributed by atoms with Crippen LogP contribution in [0.5, 0.6) is 0 Å². The zero-order valence-corrected chi connectivity index (χ0v) is 19.4. The van der Waals surface area contributed by atoms with Crippen LogP contribution in [0.3, 0.4) is 0 Å². The number of piperidine rings is 1. The maximum Gasteiger partial charge on any atom is 0.235 e. The Morgan fingerprint density at radius 1 is 1.09 bits per heavy atom. The van der Waals surface area contributed by atoms with E-state index in [0.717, 1.165) is 11.3 Å². The quantitative estimate of drug-likeness (QED) is 0.559. The van der Waals surface area contributed by atoms with Crippen LogP contribution >= 0.6 is 11.8 Å². The van der Waals surface area contributed by atoms with Crippen molar-refractivity contribution in [2.45, 2.75) is 37.1 Å². The maximum absolute atomic E-state index is 14.6. The molecule has 0 bridgehead atoms. The normalized spacial score (nSPS) is 15.4. The van der Waals surface area contributed by atoms with Crippen molar-refractivity contribution in [3.8, 4) is 17.1 Å². The number of amides is 2. The fraction of sp³-hybridized carbons (Fsp3) is 0.333. The lowest BCUT2D eigenvalue weighted by Crippen LogP contribution is -2.44. The largest absolute Gasteiger partial charge is 0.369 e. The average molecular weight is 468 g/mol. The van der Waals surface area contributed by atoms with Gasteiger partial charge in [-0.2, -0.15) is 0 Å². The Morgan fingerprint density at radius 3 is 2.39 bits per heavy atom. The summed E-state index contributed by atoms with van der Waals surface area (Å²) >= 11 is 1.28. The molecule has 0 radical (unpaired) electrons. The Kier molecular flexibility index (Phi) is 6.78. The first-order valence-electron chi connectivity index (χ1n) is 10.9. The zero-order valence-electron chi connectivity index (χ0n) is 18.6. The molecule has 2 aromatic carbocycles. The van der Waals surface area contributed by atoms with E-state index in [1.54, 1.807) is 27.7 Å². The minimum Gasteiger partial charge on any atom is -0.369 e. The Balaban J connectivity index is 1.61. The molecule has 2 amide bonds. The van der Waals surface area contributed by atoms with Crippen LogP contribution in [0, 0.1) is 18.7 Å². The van der Waals surface area contributed by atoms with Gasteiger partial charge in [-0.3, -0.25) is 14.2 Å². The summed E-state index contributed by atoms with van der Waals surface area (Å²) in [7, 11) is 0. The van der Waals surface area contributed by atoms with E-state index in [9.17, 15) is 14.0 Å². The summed E-state index contributed by atoms with van der Waals surface area (Å²) in [6, 6.07) is 14.2. The number of nitrogens with zero attached hydrogens (tertiary/aromatic N) is 4. The second-order valence-corrected chi connectivity index (χ2v) is 9.53. The molecule has 1 unspecified atom stereocenters. The van der Waals surface area contributed by atoms with Crippen molar-refractivity contribution in [2.24, 2.45) is 11.7 Å². The number of likely N-dealkylation sites (tertiary alicyclic amines) is 1. The minimum absolute atomic E-state index is 0.0335. The fourth-order valence-corrected chi connectivity index (χ4v) is 4.89.